The summed E-state index contributed by atoms with van der Waals surface area (Å²) in [6, 6.07) is 67.6. The van der Waals surface area contributed by atoms with E-state index in [2.05, 4.69) is 290 Å². The molecule has 0 amide bonds. The van der Waals surface area contributed by atoms with Crippen molar-refractivity contribution in [3.63, 3.8) is 0 Å². The van der Waals surface area contributed by atoms with E-state index in [1.165, 1.54) is 33.2 Å². The molecule has 0 fully saturated rings. The van der Waals surface area contributed by atoms with Crippen molar-refractivity contribution in [3.8, 4) is 11.5 Å². The molecule has 7 aromatic carbocycles. The zero-order chi connectivity index (χ0) is 50.5. The van der Waals surface area contributed by atoms with Crippen LogP contribution in [0.2, 0.25) is 0 Å². The SMILES string of the molecule is CC(C)(C)c1ccc(N(c2ccc(C(C)(C)C)cc2)c2ccc3c(c2)Oc2cccc4c2B3c2cc3cc(N(c5ccc(C(C)(C)C)cc5)c5ccc(C(C)(C)C)cc5)ccn3c2N4c2ccccc2)cc1. The molecule has 2 aliphatic rings. The average Bonchev–Trinajstić information content (AvgIpc) is 3.72. The van der Waals surface area contributed by atoms with Crippen LogP contribution < -0.4 is 35.8 Å². The van der Waals surface area contributed by atoms with Crippen molar-refractivity contribution in [1.29, 1.82) is 0 Å². The van der Waals surface area contributed by atoms with Gasteiger partial charge >= 0.3 is 0 Å². The van der Waals surface area contributed by atoms with Gasteiger partial charge in [0.15, 0.2) is 0 Å². The summed E-state index contributed by atoms with van der Waals surface area (Å²) in [7, 11) is 0. The fourth-order valence-electron chi connectivity index (χ4n) is 10.7. The Morgan fingerprint density at radius 1 is 0.389 bits per heavy atom. The highest BCUT2D eigenvalue weighted by molar-refractivity contribution is 6.99. The van der Waals surface area contributed by atoms with E-state index in [-0.39, 0.29) is 28.4 Å². The molecule has 72 heavy (non-hydrogen) atoms. The normalized spacial score (nSPS) is 13.3. The minimum atomic E-state index is -0.0797. The Morgan fingerprint density at radius 3 is 1.29 bits per heavy atom. The third-order valence-corrected chi connectivity index (χ3v) is 14.9. The van der Waals surface area contributed by atoms with Gasteiger partial charge in [-0.25, -0.2) is 0 Å². The van der Waals surface area contributed by atoms with Crippen molar-refractivity contribution >= 4 is 79.9 Å². The van der Waals surface area contributed by atoms with E-state index in [0.717, 1.165) is 73.8 Å². The highest BCUT2D eigenvalue weighted by Crippen LogP contribution is 2.45. The van der Waals surface area contributed by atoms with Gasteiger partial charge in [0.1, 0.15) is 17.3 Å². The van der Waals surface area contributed by atoms with Crippen LogP contribution in [0.5, 0.6) is 11.5 Å². The number of nitrogens with zero attached hydrogens (tertiary/aromatic N) is 4. The molecule has 2 aromatic heterocycles. The van der Waals surface area contributed by atoms with Crippen LogP contribution in [0.25, 0.3) is 5.52 Å². The number of fused-ring (bicyclic) bond motifs is 6. The molecule has 0 radical (unpaired) electrons. The van der Waals surface area contributed by atoms with Gasteiger partial charge in [-0.05, 0) is 157 Å². The summed E-state index contributed by atoms with van der Waals surface area (Å²) in [5, 5.41) is 0. The lowest BCUT2D eigenvalue weighted by molar-refractivity contribution is 0.487. The highest BCUT2D eigenvalue weighted by Gasteiger charge is 2.44. The summed E-state index contributed by atoms with van der Waals surface area (Å²) in [5.74, 6) is 2.87. The Bertz CT molecular complexity index is 3340. The van der Waals surface area contributed by atoms with E-state index in [1.54, 1.807) is 0 Å². The average molecular weight is 943 g/mol. The molecule has 6 heteroatoms. The van der Waals surface area contributed by atoms with Gasteiger partial charge in [-0.1, -0.05) is 162 Å². The maximum absolute atomic E-state index is 7.13. The Kier molecular flexibility index (Phi) is 11.2. The topological polar surface area (TPSA) is 23.4 Å². The van der Waals surface area contributed by atoms with Crippen molar-refractivity contribution < 1.29 is 4.74 Å². The summed E-state index contributed by atoms with van der Waals surface area (Å²) < 4.78 is 9.52. The number of benzene rings is 7. The van der Waals surface area contributed by atoms with E-state index < -0.39 is 0 Å². The lowest BCUT2D eigenvalue weighted by Crippen LogP contribution is -2.59. The second-order valence-corrected chi connectivity index (χ2v) is 24.1. The number of anilines is 9. The molecule has 0 saturated carbocycles. The van der Waals surface area contributed by atoms with E-state index in [4.69, 9.17) is 4.74 Å². The molecular weight excluding hydrogens is 876 g/mol. The van der Waals surface area contributed by atoms with E-state index in [0.29, 0.717) is 0 Å². The summed E-state index contributed by atoms with van der Waals surface area (Å²) in [5.41, 5.74) is 18.9. The van der Waals surface area contributed by atoms with Gasteiger partial charge < -0.3 is 18.9 Å². The van der Waals surface area contributed by atoms with Gasteiger partial charge in [-0.2, -0.15) is 0 Å². The van der Waals surface area contributed by atoms with Crippen LogP contribution in [-0.4, -0.2) is 11.1 Å². The maximum atomic E-state index is 7.13. The molecule has 4 heterocycles. The first-order valence-corrected chi connectivity index (χ1v) is 25.7. The zero-order valence-corrected chi connectivity index (χ0v) is 44.2. The van der Waals surface area contributed by atoms with E-state index >= 15 is 0 Å². The predicted octanol–water partition coefficient (Wildman–Crippen LogP) is 16.5. The number of hydrogen-bond donors (Lipinski definition) is 0. The Labute approximate surface area is 428 Å². The third kappa shape index (κ3) is 8.35. The summed E-state index contributed by atoms with van der Waals surface area (Å²) in [6.45, 7) is 27.2. The van der Waals surface area contributed by atoms with Crippen LogP contribution in [0.1, 0.15) is 105 Å². The molecule has 2 aliphatic heterocycles. The first kappa shape index (κ1) is 46.9. The summed E-state index contributed by atoms with van der Waals surface area (Å²) in [6.07, 6.45) is 2.27. The van der Waals surface area contributed by atoms with Gasteiger partial charge in [0.25, 0.3) is 6.71 Å². The molecule has 5 nitrogen and oxygen atoms in total. The molecular formula is C66H67BN4O. The fraction of sp³-hybridized carbons (Fsp3) is 0.242. The van der Waals surface area contributed by atoms with Gasteiger partial charge in [0.2, 0.25) is 0 Å². The van der Waals surface area contributed by atoms with Gasteiger partial charge in [0, 0.05) is 63.3 Å². The number of ether oxygens (including phenoxy) is 1. The standard InChI is InChI=1S/C66H67BN4O/c1-63(2,3)44-21-29-49(30-22-44)69(50-31-23-45(24-32-50)64(4,5)6)53-37-38-56-60(43-53)72-59-20-16-19-58-61(59)67(56)57-42-55-41-54(39-40-68(55)62(57)71(58)48-17-14-13-15-18-48)70(51-33-25-46(26-34-51)65(7,8)9)52-35-27-47(28-36-52)66(10,11)12/h13-43H,1-12H3. The van der Waals surface area contributed by atoms with Gasteiger partial charge in [0.05, 0.1) is 0 Å². The van der Waals surface area contributed by atoms with Crippen LogP contribution in [0.3, 0.4) is 0 Å². The van der Waals surface area contributed by atoms with Crippen molar-refractivity contribution in [1.82, 2.24) is 4.40 Å². The quantitative estimate of drug-likeness (QED) is 0.149. The Morgan fingerprint density at radius 2 is 0.833 bits per heavy atom. The summed E-state index contributed by atoms with van der Waals surface area (Å²) in [4.78, 5) is 7.20. The molecule has 11 rings (SSSR count). The molecule has 0 atom stereocenters. The Hall–Kier alpha value is -7.44. The van der Waals surface area contributed by atoms with Crippen molar-refractivity contribution in [2.45, 2.75) is 105 Å². The van der Waals surface area contributed by atoms with Gasteiger partial charge in [-0.15, -0.1) is 0 Å². The largest absolute Gasteiger partial charge is 0.458 e. The van der Waals surface area contributed by atoms with Gasteiger partial charge in [-0.3, -0.25) is 4.90 Å². The minimum Gasteiger partial charge on any atom is -0.458 e. The first-order chi connectivity index (χ1) is 34.2. The molecule has 0 saturated heterocycles. The van der Waals surface area contributed by atoms with E-state index in [1.807, 2.05) is 0 Å². The predicted molar refractivity (Wildman–Crippen MR) is 307 cm³/mol. The van der Waals surface area contributed by atoms with Crippen LogP contribution in [0.4, 0.5) is 51.3 Å². The lowest BCUT2D eigenvalue weighted by atomic mass is 9.34. The molecule has 0 unspecified atom stereocenters. The van der Waals surface area contributed by atoms with Crippen LogP contribution in [-0.2, 0) is 21.7 Å². The lowest BCUT2D eigenvalue weighted by Gasteiger charge is -2.39. The van der Waals surface area contributed by atoms with E-state index in [9.17, 15) is 0 Å². The van der Waals surface area contributed by atoms with Crippen molar-refractivity contribution in [2.24, 2.45) is 0 Å². The molecule has 0 aliphatic carbocycles. The zero-order valence-electron chi connectivity index (χ0n) is 44.2. The molecule has 0 spiro atoms. The summed E-state index contributed by atoms with van der Waals surface area (Å²) >= 11 is 0. The Balaban J connectivity index is 1.08. The number of aromatic nitrogens is 1. The third-order valence-electron chi connectivity index (χ3n) is 14.9. The monoisotopic (exact) mass is 943 g/mol. The number of hydrogen-bond acceptors (Lipinski definition) is 4. The highest BCUT2D eigenvalue weighted by atomic mass is 16.5. The number of pyridine rings is 1. The van der Waals surface area contributed by atoms with Crippen LogP contribution in [0.15, 0.2) is 188 Å². The second kappa shape index (κ2) is 17.1. The number of rotatable bonds is 7. The minimum absolute atomic E-state index is 0.0418. The van der Waals surface area contributed by atoms with Crippen molar-refractivity contribution in [3.05, 3.63) is 210 Å². The molecule has 360 valence electrons. The second-order valence-electron chi connectivity index (χ2n) is 24.1. The van der Waals surface area contributed by atoms with Crippen LogP contribution >= 0.6 is 0 Å². The smallest absolute Gasteiger partial charge is 0.258 e. The molecule has 0 bridgehead atoms. The number of para-hydroxylation sites is 1. The maximum Gasteiger partial charge on any atom is 0.258 e. The first-order valence-electron chi connectivity index (χ1n) is 25.7. The molecule has 0 N–H and O–H groups in total. The van der Waals surface area contributed by atoms with Crippen molar-refractivity contribution in [2.75, 3.05) is 14.7 Å². The fourth-order valence-corrected chi connectivity index (χ4v) is 10.7. The molecule has 9 aromatic rings. The van der Waals surface area contributed by atoms with Crippen LogP contribution in [0, 0.1) is 0 Å².